The minimum absolute atomic E-state index is 0.139. The Morgan fingerprint density at radius 1 is 1.42 bits per heavy atom. The zero-order chi connectivity index (χ0) is 13.2. The molecule has 0 radical (unpaired) electrons. The Morgan fingerprint density at radius 3 is 3.05 bits per heavy atom. The summed E-state index contributed by atoms with van der Waals surface area (Å²) in [5.41, 5.74) is 3.03. The Kier molecular flexibility index (Phi) is 3.55. The summed E-state index contributed by atoms with van der Waals surface area (Å²) in [5.74, 6) is 0.923. The van der Waals surface area contributed by atoms with Crippen molar-refractivity contribution >= 4 is 11.6 Å². The van der Waals surface area contributed by atoms with Crippen LogP contribution in [0.1, 0.15) is 17.6 Å². The summed E-state index contributed by atoms with van der Waals surface area (Å²) in [4.78, 5) is 8.02. The second-order valence-electron chi connectivity index (χ2n) is 4.69. The van der Waals surface area contributed by atoms with Crippen molar-refractivity contribution < 1.29 is 4.74 Å². The molecule has 5 heteroatoms. The maximum absolute atomic E-state index is 6.03. The molecule has 1 aliphatic rings. The van der Waals surface area contributed by atoms with Gasteiger partial charge in [-0.1, -0.05) is 23.7 Å². The topological polar surface area (TPSA) is 49.9 Å². The molecule has 4 nitrogen and oxygen atoms in total. The third-order valence-corrected chi connectivity index (χ3v) is 3.49. The van der Waals surface area contributed by atoms with Gasteiger partial charge in [0.1, 0.15) is 5.82 Å². The smallest absolute Gasteiger partial charge is 0.126 e. The van der Waals surface area contributed by atoms with Crippen LogP contribution in [-0.4, -0.2) is 29.7 Å². The number of aromatic amines is 1. The van der Waals surface area contributed by atoms with Gasteiger partial charge in [0.2, 0.25) is 0 Å². The van der Waals surface area contributed by atoms with E-state index >= 15 is 0 Å². The number of H-pyrrole nitrogens is 1. The van der Waals surface area contributed by atoms with Gasteiger partial charge in [-0.15, -0.1) is 0 Å². The predicted molar refractivity (Wildman–Crippen MR) is 75.3 cm³/mol. The van der Waals surface area contributed by atoms with E-state index in [0.29, 0.717) is 6.61 Å². The minimum Gasteiger partial charge on any atom is -0.378 e. The first-order valence-electron chi connectivity index (χ1n) is 6.37. The van der Waals surface area contributed by atoms with E-state index in [9.17, 15) is 0 Å². The summed E-state index contributed by atoms with van der Waals surface area (Å²) in [6.07, 6.45) is 0. The minimum atomic E-state index is 0.139. The van der Waals surface area contributed by atoms with Gasteiger partial charge in [-0.25, -0.2) is 4.98 Å². The maximum Gasteiger partial charge on any atom is 0.126 e. The van der Waals surface area contributed by atoms with E-state index in [4.69, 9.17) is 16.3 Å². The van der Waals surface area contributed by atoms with E-state index in [1.54, 1.807) is 0 Å². The first-order chi connectivity index (χ1) is 9.24. The highest BCUT2D eigenvalue weighted by molar-refractivity contribution is 6.30. The van der Waals surface area contributed by atoms with E-state index in [0.717, 1.165) is 40.9 Å². The van der Waals surface area contributed by atoms with Crippen molar-refractivity contribution in [2.75, 3.05) is 19.8 Å². The summed E-state index contributed by atoms with van der Waals surface area (Å²) in [6, 6.07) is 7.89. The Labute approximate surface area is 117 Å². The standard InChI is InChI=1S/C14H16ClN3O/c1-9-13(10-3-2-4-11(15)7-10)18-14(17-9)12-8-19-6-5-16-12/h2-4,7,12,16H,5-6,8H2,1H3,(H,17,18). The molecule has 1 aromatic heterocycles. The molecule has 0 saturated carbocycles. The quantitative estimate of drug-likeness (QED) is 0.887. The Balaban J connectivity index is 1.92. The summed E-state index contributed by atoms with van der Waals surface area (Å²) in [7, 11) is 0. The molecule has 0 bridgehead atoms. The van der Waals surface area contributed by atoms with E-state index in [2.05, 4.69) is 15.3 Å². The fraction of sp³-hybridized carbons (Fsp3) is 0.357. The largest absolute Gasteiger partial charge is 0.378 e. The predicted octanol–water partition coefficient (Wildman–Crippen LogP) is 2.70. The van der Waals surface area contributed by atoms with Crippen LogP contribution >= 0.6 is 11.6 Å². The lowest BCUT2D eigenvalue weighted by Gasteiger charge is -2.21. The molecule has 1 aliphatic heterocycles. The van der Waals surface area contributed by atoms with Gasteiger partial charge in [-0.3, -0.25) is 0 Å². The lowest BCUT2D eigenvalue weighted by molar-refractivity contribution is 0.0745. The SMILES string of the molecule is Cc1[nH]c(C2COCCN2)nc1-c1cccc(Cl)c1. The molecule has 2 aromatic rings. The van der Waals surface area contributed by atoms with Crippen molar-refractivity contribution in [3.8, 4) is 11.3 Å². The molecule has 1 fully saturated rings. The molecule has 2 N–H and O–H groups in total. The Morgan fingerprint density at radius 2 is 2.32 bits per heavy atom. The third-order valence-electron chi connectivity index (χ3n) is 3.25. The van der Waals surface area contributed by atoms with Crippen LogP contribution in [0, 0.1) is 6.92 Å². The molecular formula is C14H16ClN3O. The summed E-state index contributed by atoms with van der Waals surface area (Å²) >= 11 is 6.03. The first kappa shape index (κ1) is 12.7. The van der Waals surface area contributed by atoms with Gasteiger partial charge >= 0.3 is 0 Å². The molecule has 19 heavy (non-hydrogen) atoms. The van der Waals surface area contributed by atoms with Gasteiger partial charge in [0.05, 0.1) is 24.9 Å². The first-order valence-corrected chi connectivity index (χ1v) is 6.75. The maximum atomic E-state index is 6.03. The molecule has 2 heterocycles. The Hall–Kier alpha value is -1.36. The zero-order valence-corrected chi connectivity index (χ0v) is 11.5. The Bertz CT molecular complexity index is 576. The number of halogens is 1. The van der Waals surface area contributed by atoms with E-state index in [1.807, 2.05) is 31.2 Å². The molecule has 1 unspecified atom stereocenters. The van der Waals surface area contributed by atoms with Crippen molar-refractivity contribution in [3.05, 3.63) is 40.8 Å². The molecule has 0 amide bonds. The zero-order valence-electron chi connectivity index (χ0n) is 10.7. The molecular weight excluding hydrogens is 262 g/mol. The van der Waals surface area contributed by atoms with Crippen molar-refractivity contribution in [1.29, 1.82) is 0 Å². The van der Waals surface area contributed by atoms with Crippen molar-refractivity contribution in [2.45, 2.75) is 13.0 Å². The van der Waals surface area contributed by atoms with Gasteiger partial charge in [0.25, 0.3) is 0 Å². The van der Waals surface area contributed by atoms with Gasteiger partial charge in [-0.2, -0.15) is 0 Å². The highest BCUT2D eigenvalue weighted by Gasteiger charge is 2.20. The highest BCUT2D eigenvalue weighted by Crippen LogP contribution is 2.26. The summed E-state index contributed by atoms with van der Waals surface area (Å²) in [5, 5.41) is 4.12. The molecule has 0 spiro atoms. The number of benzene rings is 1. The second kappa shape index (κ2) is 5.33. The van der Waals surface area contributed by atoms with E-state index in [-0.39, 0.29) is 6.04 Å². The van der Waals surface area contributed by atoms with E-state index in [1.165, 1.54) is 0 Å². The molecule has 100 valence electrons. The summed E-state index contributed by atoms with van der Waals surface area (Å²) in [6.45, 7) is 4.30. The number of nitrogens with zero attached hydrogens (tertiary/aromatic N) is 1. The fourth-order valence-corrected chi connectivity index (χ4v) is 2.50. The molecule has 1 aromatic carbocycles. The third kappa shape index (κ3) is 2.66. The van der Waals surface area contributed by atoms with Gasteiger partial charge < -0.3 is 15.0 Å². The number of morpholine rings is 1. The van der Waals surface area contributed by atoms with Crippen LogP contribution in [0.25, 0.3) is 11.3 Å². The number of ether oxygens (including phenoxy) is 1. The van der Waals surface area contributed by atoms with Crippen molar-refractivity contribution in [2.24, 2.45) is 0 Å². The highest BCUT2D eigenvalue weighted by atomic mass is 35.5. The normalized spacial score (nSPS) is 19.6. The van der Waals surface area contributed by atoms with Gasteiger partial charge in [0.15, 0.2) is 0 Å². The summed E-state index contributed by atoms with van der Waals surface area (Å²) < 4.78 is 5.47. The average Bonchev–Trinajstić information content (AvgIpc) is 2.82. The lowest BCUT2D eigenvalue weighted by atomic mass is 10.1. The number of hydrogen-bond donors (Lipinski definition) is 2. The van der Waals surface area contributed by atoms with Gasteiger partial charge in [-0.05, 0) is 19.1 Å². The number of imidazole rings is 1. The van der Waals surface area contributed by atoms with Crippen molar-refractivity contribution in [3.63, 3.8) is 0 Å². The number of hydrogen-bond acceptors (Lipinski definition) is 3. The fourth-order valence-electron chi connectivity index (χ4n) is 2.31. The number of nitrogens with one attached hydrogen (secondary N) is 2. The number of aryl methyl sites for hydroxylation is 1. The van der Waals surface area contributed by atoms with Crippen LogP contribution in [0.2, 0.25) is 5.02 Å². The molecule has 1 saturated heterocycles. The van der Waals surface area contributed by atoms with Crippen LogP contribution in [0.5, 0.6) is 0 Å². The van der Waals surface area contributed by atoms with Crippen LogP contribution in [-0.2, 0) is 4.74 Å². The number of rotatable bonds is 2. The molecule has 3 rings (SSSR count). The van der Waals surface area contributed by atoms with Gasteiger partial charge in [0, 0.05) is 22.8 Å². The van der Waals surface area contributed by atoms with Crippen LogP contribution in [0.15, 0.2) is 24.3 Å². The average molecular weight is 278 g/mol. The van der Waals surface area contributed by atoms with Crippen LogP contribution < -0.4 is 5.32 Å². The van der Waals surface area contributed by atoms with Crippen LogP contribution in [0.3, 0.4) is 0 Å². The molecule has 1 atom stereocenters. The van der Waals surface area contributed by atoms with Crippen LogP contribution in [0.4, 0.5) is 0 Å². The molecule has 0 aliphatic carbocycles. The lowest BCUT2D eigenvalue weighted by Crippen LogP contribution is -2.35. The second-order valence-corrected chi connectivity index (χ2v) is 5.12. The monoisotopic (exact) mass is 277 g/mol. The number of aromatic nitrogens is 2. The van der Waals surface area contributed by atoms with E-state index < -0.39 is 0 Å². The van der Waals surface area contributed by atoms with Crippen molar-refractivity contribution in [1.82, 2.24) is 15.3 Å².